The summed E-state index contributed by atoms with van der Waals surface area (Å²) in [5.41, 5.74) is -1.51. The smallest absolute Gasteiger partial charge is 0.352 e. The third kappa shape index (κ3) is 5.66. The zero-order chi connectivity index (χ0) is 22.7. The quantitative estimate of drug-likeness (QED) is 0.647. The zero-order valence-corrected chi connectivity index (χ0v) is 18.1. The number of amides is 1. The van der Waals surface area contributed by atoms with E-state index in [-0.39, 0.29) is 21.9 Å². The molecule has 164 valence electrons. The normalized spacial score (nSPS) is 13.2. The van der Waals surface area contributed by atoms with Crippen LogP contribution in [0.15, 0.2) is 53.4 Å². The van der Waals surface area contributed by atoms with Crippen LogP contribution in [0.25, 0.3) is 0 Å². The van der Waals surface area contributed by atoms with E-state index in [4.69, 9.17) is 11.6 Å². The number of halogens is 4. The van der Waals surface area contributed by atoms with Gasteiger partial charge in [-0.1, -0.05) is 43.6 Å². The first-order chi connectivity index (χ1) is 13.8. The second-order valence-corrected chi connectivity index (χ2v) is 9.36. The molecule has 0 saturated carbocycles. The van der Waals surface area contributed by atoms with Crippen LogP contribution in [-0.2, 0) is 21.0 Å². The minimum Gasteiger partial charge on any atom is -0.352 e. The Balaban J connectivity index is 2.56. The van der Waals surface area contributed by atoms with E-state index in [1.54, 1.807) is 13.0 Å². The molecule has 5 nitrogen and oxygen atoms in total. The zero-order valence-electron chi connectivity index (χ0n) is 16.6. The van der Waals surface area contributed by atoms with Crippen LogP contribution in [0.3, 0.4) is 0 Å². The lowest BCUT2D eigenvalue weighted by atomic mass is 10.1. The average molecular weight is 463 g/mol. The lowest BCUT2D eigenvalue weighted by molar-refractivity contribution is -0.137. The third-order valence-corrected chi connectivity index (χ3v) is 6.64. The van der Waals surface area contributed by atoms with E-state index in [0.29, 0.717) is 10.4 Å². The largest absolute Gasteiger partial charge is 0.416 e. The number of anilines is 1. The first-order valence-corrected chi connectivity index (χ1v) is 10.9. The Morgan fingerprint density at radius 3 is 2.23 bits per heavy atom. The van der Waals surface area contributed by atoms with E-state index in [1.807, 2.05) is 13.8 Å². The molecule has 1 N–H and O–H groups in total. The van der Waals surface area contributed by atoms with E-state index in [0.717, 1.165) is 12.1 Å². The van der Waals surface area contributed by atoms with Gasteiger partial charge in [0.15, 0.2) is 0 Å². The summed E-state index contributed by atoms with van der Waals surface area (Å²) in [6.07, 6.45) is -4.71. The first-order valence-electron chi connectivity index (χ1n) is 9.08. The number of hydrogen-bond donors (Lipinski definition) is 1. The Morgan fingerprint density at radius 2 is 1.70 bits per heavy atom. The van der Waals surface area contributed by atoms with Crippen molar-refractivity contribution in [1.82, 2.24) is 5.32 Å². The summed E-state index contributed by atoms with van der Waals surface area (Å²) in [5.74, 6) is -0.588. The average Bonchev–Trinajstić information content (AvgIpc) is 2.66. The minimum absolute atomic E-state index is 0.0743. The number of carbonyl (C=O) groups is 1. The maximum atomic E-state index is 13.2. The first kappa shape index (κ1) is 24.0. The van der Waals surface area contributed by atoms with Crippen molar-refractivity contribution in [3.63, 3.8) is 0 Å². The molecule has 2 aromatic rings. The molecule has 2 rings (SSSR count). The van der Waals surface area contributed by atoms with Gasteiger partial charge in [-0.3, -0.25) is 9.10 Å². The highest BCUT2D eigenvalue weighted by Gasteiger charge is 2.34. The van der Waals surface area contributed by atoms with Crippen molar-refractivity contribution in [2.75, 3.05) is 10.8 Å². The van der Waals surface area contributed by atoms with Gasteiger partial charge in [-0.15, -0.1) is 0 Å². The van der Waals surface area contributed by atoms with E-state index in [1.165, 1.54) is 24.3 Å². The summed E-state index contributed by atoms with van der Waals surface area (Å²) < 4.78 is 66.7. The summed E-state index contributed by atoms with van der Waals surface area (Å²) in [5, 5.41) is 2.43. The molecule has 0 unspecified atom stereocenters. The molecule has 0 fully saturated rings. The van der Waals surface area contributed by atoms with E-state index in [2.05, 4.69) is 5.32 Å². The third-order valence-electron chi connectivity index (χ3n) is 4.55. The highest BCUT2D eigenvalue weighted by atomic mass is 35.5. The molecule has 0 spiro atoms. The maximum Gasteiger partial charge on any atom is 0.416 e. The molecule has 0 aliphatic rings. The van der Waals surface area contributed by atoms with E-state index < -0.39 is 39.9 Å². The number of nitrogens with zero attached hydrogens (tertiary/aromatic N) is 1. The number of hydrogen-bond acceptors (Lipinski definition) is 3. The summed E-state index contributed by atoms with van der Waals surface area (Å²) in [7, 11) is -4.37. The van der Waals surface area contributed by atoms with Crippen LogP contribution in [0.5, 0.6) is 0 Å². The molecule has 0 heterocycles. The molecule has 2 aromatic carbocycles. The van der Waals surface area contributed by atoms with Gasteiger partial charge in [-0.25, -0.2) is 8.42 Å². The Kier molecular flexibility index (Phi) is 7.41. The van der Waals surface area contributed by atoms with Gasteiger partial charge in [0.05, 0.1) is 21.2 Å². The van der Waals surface area contributed by atoms with Crippen molar-refractivity contribution < 1.29 is 26.4 Å². The minimum atomic E-state index is -4.71. The molecule has 10 heteroatoms. The van der Waals surface area contributed by atoms with Crippen LogP contribution in [-0.4, -0.2) is 26.9 Å². The second kappa shape index (κ2) is 9.26. The van der Waals surface area contributed by atoms with Crippen LogP contribution in [0.1, 0.15) is 26.3 Å². The number of benzene rings is 2. The SMILES string of the molecule is CC(C)[C@@H](C)NC(=O)CN(c1cc(C(F)(F)F)ccc1Cl)S(=O)(=O)c1ccccc1. The van der Waals surface area contributed by atoms with Crippen molar-refractivity contribution >= 4 is 33.2 Å². The molecule has 0 aromatic heterocycles. The molecule has 30 heavy (non-hydrogen) atoms. The molecule has 0 bridgehead atoms. The molecular formula is C20H22ClF3N2O3S. The fourth-order valence-corrected chi connectivity index (χ4v) is 4.22. The van der Waals surface area contributed by atoms with Gasteiger partial charge in [0.25, 0.3) is 10.0 Å². The molecule has 0 aliphatic heterocycles. The van der Waals surface area contributed by atoms with Crippen molar-refractivity contribution in [2.45, 2.75) is 37.9 Å². The topological polar surface area (TPSA) is 66.5 Å². The number of alkyl halides is 3. The van der Waals surface area contributed by atoms with Gasteiger partial charge in [0, 0.05) is 6.04 Å². The highest BCUT2D eigenvalue weighted by molar-refractivity contribution is 7.92. The van der Waals surface area contributed by atoms with Crippen LogP contribution in [0, 0.1) is 5.92 Å². The lowest BCUT2D eigenvalue weighted by Gasteiger charge is -2.27. The number of rotatable bonds is 7. The molecule has 0 aliphatic carbocycles. The Labute approximate surface area is 178 Å². The summed E-state index contributed by atoms with van der Waals surface area (Å²) >= 11 is 6.07. The Bertz CT molecular complexity index is 996. The summed E-state index contributed by atoms with van der Waals surface area (Å²) in [6, 6.07) is 9.19. The van der Waals surface area contributed by atoms with Crippen molar-refractivity contribution in [3.05, 3.63) is 59.1 Å². The fourth-order valence-electron chi connectivity index (χ4n) is 2.50. The molecule has 0 radical (unpaired) electrons. The van der Waals surface area contributed by atoms with Gasteiger partial charge in [-0.05, 0) is 43.2 Å². The van der Waals surface area contributed by atoms with Crippen LogP contribution >= 0.6 is 11.6 Å². The van der Waals surface area contributed by atoms with Crippen LogP contribution < -0.4 is 9.62 Å². The summed E-state index contributed by atoms with van der Waals surface area (Å²) in [6.45, 7) is 4.76. The van der Waals surface area contributed by atoms with Gasteiger partial charge in [0.1, 0.15) is 6.54 Å². The maximum absolute atomic E-state index is 13.2. The molecule has 1 atom stereocenters. The van der Waals surface area contributed by atoms with Crippen LogP contribution in [0.2, 0.25) is 5.02 Å². The molecule has 1 amide bonds. The second-order valence-electron chi connectivity index (χ2n) is 7.09. The predicted molar refractivity (Wildman–Crippen MR) is 110 cm³/mol. The van der Waals surface area contributed by atoms with Crippen LogP contribution in [0.4, 0.5) is 18.9 Å². The van der Waals surface area contributed by atoms with Crippen molar-refractivity contribution in [1.29, 1.82) is 0 Å². The van der Waals surface area contributed by atoms with Gasteiger partial charge in [-0.2, -0.15) is 13.2 Å². The predicted octanol–water partition coefficient (Wildman–Crippen LogP) is 4.71. The standard InChI is InChI=1S/C20H22ClF3N2O3S/c1-13(2)14(3)25-19(27)12-26(30(28,29)16-7-5-4-6-8-16)18-11-15(20(22,23)24)9-10-17(18)21/h4-11,13-14H,12H2,1-3H3,(H,25,27)/t14-/m1/s1. The summed E-state index contributed by atoms with van der Waals surface area (Å²) in [4.78, 5) is 12.4. The lowest BCUT2D eigenvalue weighted by Crippen LogP contribution is -2.45. The Morgan fingerprint density at radius 1 is 1.10 bits per heavy atom. The monoisotopic (exact) mass is 462 g/mol. The van der Waals surface area contributed by atoms with Gasteiger partial charge in [0.2, 0.25) is 5.91 Å². The van der Waals surface area contributed by atoms with Crippen molar-refractivity contribution in [3.8, 4) is 0 Å². The number of carbonyl (C=O) groups excluding carboxylic acids is 1. The van der Waals surface area contributed by atoms with Gasteiger partial charge < -0.3 is 5.32 Å². The van der Waals surface area contributed by atoms with Gasteiger partial charge >= 0.3 is 6.18 Å². The van der Waals surface area contributed by atoms with E-state index in [9.17, 15) is 26.4 Å². The fraction of sp³-hybridized carbons (Fsp3) is 0.350. The number of nitrogens with one attached hydrogen (secondary N) is 1. The molecular weight excluding hydrogens is 441 g/mol. The Hall–Kier alpha value is -2.26. The highest BCUT2D eigenvalue weighted by Crippen LogP contribution is 2.37. The van der Waals surface area contributed by atoms with E-state index >= 15 is 0 Å². The number of sulfonamides is 1. The van der Waals surface area contributed by atoms with Crippen molar-refractivity contribution in [2.24, 2.45) is 5.92 Å². The molecule has 0 saturated heterocycles.